The minimum Gasteiger partial charge on any atom is -0.466 e. The second-order valence-corrected chi connectivity index (χ2v) is 5.62. The number of carbonyl (C=O) groups excluding carboxylic acids is 1. The average Bonchev–Trinajstić information content (AvgIpc) is 2.56. The molecule has 0 bridgehead atoms. The first-order valence-electron chi connectivity index (χ1n) is 8.39. The van der Waals surface area contributed by atoms with Crippen LogP contribution in [0, 0.1) is 0 Å². The topological polar surface area (TPSA) is 44.8 Å². The van der Waals surface area contributed by atoms with Crippen molar-refractivity contribution in [1.29, 1.82) is 0 Å². The first-order valence-corrected chi connectivity index (χ1v) is 8.39. The molecule has 1 fully saturated rings. The van der Waals surface area contributed by atoms with Gasteiger partial charge in [-0.2, -0.15) is 0 Å². The van der Waals surface area contributed by atoms with Gasteiger partial charge < -0.3 is 14.2 Å². The summed E-state index contributed by atoms with van der Waals surface area (Å²) in [5.41, 5.74) is 1.08. The highest BCUT2D eigenvalue weighted by Gasteiger charge is 2.17. The van der Waals surface area contributed by atoms with E-state index in [1.54, 1.807) is 0 Å². The van der Waals surface area contributed by atoms with Crippen LogP contribution in [0.25, 0.3) is 0 Å². The predicted molar refractivity (Wildman–Crippen MR) is 89.5 cm³/mol. The summed E-state index contributed by atoms with van der Waals surface area (Å²) < 4.78 is 16.5. The maximum atomic E-state index is 11.7. The van der Waals surface area contributed by atoms with Crippen molar-refractivity contribution in [2.45, 2.75) is 51.7 Å². The number of benzene rings is 1. The molecule has 1 aromatic rings. The van der Waals surface area contributed by atoms with Crippen LogP contribution in [0.4, 0.5) is 0 Å². The zero-order valence-corrected chi connectivity index (χ0v) is 14.0. The summed E-state index contributed by atoms with van der Waals surface area (Å²) in [5, 5.41) is 0. The van der Waals surface area contributed by atoms with Crippen molar-refractivity contribution < 1.29 is 19.0 Å². The Labute approximate surface area is 138 Å². The van der Waals surface area contributed by atoms with E-state index in [9.17, 15) is 4.79 Å². The van der Waals surface area contributed by atoms with E-state index in [4.69, 9.17) is 14.2 Å². The number of hydrogen-bond acceptors (Lipinski definition) is 4. The second-order valence-electron chi connectivity index (χ2n) is 5.62. The Morgan fingerprint density at radius 3 is 2.74 bits per heavy atom. The van der Waals surface area contributed by atoms with Crippen molar-refractivity contribution in [3.63, 3.8) is 0 Å². The van der Waals surface area contributed by atoms with Gasteiger partial charge in [-0.05, 0) is 44.4 Å². The first kappa shape index (κ1) is 17.5. The summed E-state index contributed by atoms with van der Waals surface area (Å²) in [6.07, 6.45) is 7.39. The molecule has 0 spiro atoms. The Hall–Kier alpha value is -1.81. The maximum absolute atomic E-state index is 11.7. The smallest absolute Gasteiger partial charge is 0.306 e. The quantitative estimate of drug-likeness (QED) is 0.558. The minimum atomic E-state index is -0.175. The standard InChI is InChI=1S/C19H26O4/c1-3-7-16(14-18(20)21-4-2)15-9-11-17(12-10-15)23-19-8-5-6-13-22-19/h3,7,9-12,16,19H,4-6,8,13-14H2,1-2H3/b7-3+/t16-,19?/m1/s1. The highest BCUT2D eigenvalue weighted by atomic mass is 16.7. The summed E-state index contributed by atoms with van der Waals surface area (Å²) in [5.74, 6) is 0.654. The molecule has 1 unspecified atom stereocenters. The number of esters is 1. The molecule has 1 aliphatic rings. The summed E-state index contributed by atoms with van der Waals surface area (Å²) in [6.45, 7) is 4.96. The van der Waals surface area contributed by atoms with Crippen molar-refractivity contribution >= 4 is 5.97 Å². The largest absolute Gasteiger partial charge is 0.466 e. The summed E-state index contributed by atoms with van der Waals surface area (Å²) in [4.78, 5) is 11.7. The van der Waals surface area contributed by atoms with Crippen LogP contribution in [-0.4, -0.2) is 25.5 Å². The molecule has 1 saturated heterocycles. The van der Waals surface area contributed by atoms with Gasteiger partial charge in [0, 0.05) is 12.3 Å². The van der Waals surface area contributed by atoms with Gasteiger partial charge in [-0.15, -0.1) is 0 Å². The molecule has 0 saturated carbocycles. The Balaban J connectivity index is 1.98. The van der Waals surface area contributed by atoms with Gasteiger partial charge in [-0.3, -0.25) is 4.79 Å². The predicted octanol–water partition coefficient (Wildman–Crippen LogP) is 4.20. The molecule has 1 heterocycles. The molecule has 4 nitrogen and oxygen atoms in total. The molecule has 2 rings (SSSR count). The third-order valence-electron chi connectivity index (χ3n) is 3.83. The lowest BCUT2D eigenvalue weighted by Crippen LogP contribution is -2.24. The maximum Gasteiger partial charge on any atom is 0.306 e. The van der Waals surface area contributed by atoms with Crippen LogP contribution in [0.2, 0.25) is 0 Å². The fraction of sp³-hybridized carbons (Fsp3) is 0.526. The van der Waals surface area contributed by atoms with E-state index in [0.717, 1.165) is 37.2 Å². The van der Waals surface area contributed by atoms with Crippen molar-refractivity contribution in [3.05, 3.63) is 42.0 Å². The van der Waals surface area contributed by atoms with E-state index in [0.29, 0.717) is 13.0 Å². The van der Waals surface area contributed by atoms with E-state index in [1.807, 2.05) is 50.3 Å². The Kier molecular flexibility index (Phi) is 7.14. The number of allylic oxidation sites excluding steroid dienone is 2. The highest BCUT2D eigenvalue weighted by molar-refractivity contribution is 5.71. The van der Waals surface area contributed by atoms with E-state index in [1.165, 1.54) is 0 Å². The van der Waals surface area contributed by atoms with Crippen LogP contribution in [0.5, 0.6) is 5.75 Å². The molecule has 0 N–H and O–H groups in total. The fourth-order valence-electron chi connectivity index (χ4n) is 2.68. The lowest BCUT2D eigenvalue weighted by Gasteiger charge is -2.23. The molecule has 0 aliphatic carbocycles. The molecule has 1 aliphatic heterocycles. The molecule has 0 radical (unpaired) electrons. The van der Waals surface area contributed by atoms with Gasteiger partial charge in [0.25, 0.3) is 0 Å². The third kappa shape index (κ3) is 5.71. The van der Waals surface area contributed by atoms with Crippen LogP contribution >= 0.6 is 0 Å². The Morgan fingerprint density at radius 2 is 2.13 bits per heavy atom. The molecule has 23 heavy (non-hydrogen) atoms. The van der Waals surface area contributed by atoms with E-state index in [-0.39, 0.29) is 18.2 Å². The zero-order valence-electron chi connectivity index (χ0n) is 14.0. The lowest BCUT2D eigenvalue weighted by molar-refractivity contribution is -0.143. The van der Waals surface area contributed by atoms with Crippen LogP contribution in [0.15, 0.2) is 36.4 Å². The normalized spacial score (nSPS) is 19.5. The summed E-state index contributed by atoms with van der Waals surface area (Å²) in [7, 11) is 0. The zero-order chi connectivity index (χ0) is 16.5. The van der Waals surface area contributed by atoms with Crippen molar-refractivity contribution in [2.24, 2.45) is 0 Å². The molecular weight excluding hydrogens is 292 g/mol. The van der Waals surface area contributed by atoms with Crippen LogP contribution in [0.1, 0.15) is 51.0 Å². The number of rotatable bonds is 7. The summed E-state index contributed by atoms with van der Waals surface area (Å²) >= 11 is 0. The van der Waals surface area contributed by atoms with Gasteiger partial charge in [-0.25, -0.2) is 0 Å². The van der Waals surface area contributed by atoms with Gasteiger partial charge in [0.15, 0.2) is 6.29 Å². The fourth-order valence-corrected chi connectivity index (χ4v) is 2.68. The SMILES string of the molecule is C/C=C/[C@H](CC(=O)OCC)c1ccc(OC2CCCCO2)cc1. The monoisotopic (exact) mass is 318 g/mol. The average molecular weight is 318 g/mol. The molecule has 0 aromatic heterocycles. The van der Waals surface area contributed by atoms with Crippen LogP contribution < -0.4 is 4.74 Å². The van der Waals surface area contributed by atoms with Crippen LogP contribution in [0.3, 0.4) is 0 Å². The van der Waals surface area contributed by atoms with Gasteiger partial charge >= 0.3 is 5.97 Å². The second kappa shape index (κ2) is 9.36. The van der Waals surface area contributed by atoms with Crippen molar-refractivity contribution in [2.75, 3.05) is 13.2 Å². The Morgan fingerprint density at radius 1 is 1.35 bits per heavy atom. The van der Waals surface area contributed by atoms with Gasteiger partial charge in [0.2, 0.25) is 0 Å². The number of hydrogen-bond donors (Lipinski definition) is 0. The molecule has 0 amide bonds. The van der Waals surface area contributed by atoms with E-state index in [2.05, 4.69) is 0 Å². The molecule has 2 atom stereocenters. The van der Waals surface area contributed by atoms with E-state index < -0.39 is 0 Å². The number of carbonyl (C=O) groups is 1. The minimum absolute atomic E-state index is 0.0269. The first-order chi connectivity index (χ1) is 11.2. The number of ether oxygens (including phenoxy) is 3. The van der Waals surface area contributed by atoms with Crippen molar-refractivity contribution in [3.8, 4) is 5.75 Å². The Bertz CT molecular complexity index is 501. The lowest BCUT2D eigenvalue weighted by atomic mass is 9.95. The van der Waals surface area contributed by atoms with E-state index >= 15 is 0 Å². The summed E-state index contributed by atoms with van der Waals surface area (Å²) in [6, 6.07) is 7.88. The molecule has 126 valence electrons. The third-order valence-corrected chi connectivity index (χ3v) is 3.83. The van der Waals surface area contributed by atoms with Crippen molar-refractivity contribution in [1.82, 2.24) is 0 Å². The van der Waals surface area contributed by atoms with Gasteiger partial charge in [0.05, 0.1) is 19.6 Å². The highest BCUT2D eigenvalue weighted by Crippen LogP contribution is 2.26. The van der Waals surface area contributed by atoms with Crippen LogP contribution in [-0.2, 0) is 14.3 Å². The van der Waals surface area contributed by atoms with Gasteiger partial charge in [-0.1, -0.05) is 24.3 Å². The molecular formula is C19H26O4. The molecule has 1 aromatic carbocycles. The van der Waals surface area contributed by atoms with Gasteiger partial charge in [0.1, 0.15) is 5.75 Å². The molecule has 4 heteroatoms.